The van der Waals surface area contributed by atoms with Gasteiger partial charge in [0, 0.05) is 38.8 Å². The molecule has 4 rings (SSSR count). The fourth-order valence-corrected chi connectivity index (χ4v) is 4.15. The van der Waals surface area contributed by atoms with Gasteiger partial charge in [0.1, 0.15) is 18.1 Å². The van der Waals surface area contributed by atoms with Crippen LogP contribution in [-0.4, -0.2) is 61.3 Å². The van der Waals surface area contributed by atoms with Gasteiger partial charge in [0.05, 0.1) is 25.5 Å². The van der Waals surface area contributed by atoms with Crippen molar-refractivity contribution in [1.29, 1.82) is 0 Å². The maximum atomic E-state index is 12.8. The molecule has 190 valence electrons. The second-order valence-electron chi connectivity index (χ2n) is 8.78. The molecule has 0 aliphatic carbocycles. The number of nitrogens with zero attached hydrogens (tertiary/aromatic N) is 3. The second-order valence-corrected chi connectivity index (χ2v) is 8.78. The van der Waals surface area contributed by atoms with Crippen LogP contribution < -0.4 is 14.2 Å². The number of ether oxygens (including phenoxy) is 3. The van der Waals surface area contributed by atoms with Gasteiger partial charge >= 0.3 is 0 Å². The minimum Gasteiger partial charge on any atom is -0.497 e. The quantitative estimate of drug-likeness (QED) is 0.414. The predicted molar refractivity (Wildman–Crippen MR) is 137 cm³/mol. The Morgan fingerprint density at radius 2 is 1.75 bits per heavy atom. The van der Waals surface area contributed by atoms with E-state index in [1.165, 1.54) is 5.56 Å². The summed E-state index contributed by atoms with van der Waals surface area (Å²) in [6.45, 7) is 8.06. The normalized spacial score (nSPS) is 14.3. The average molecular weight is 492 g/mol. The molecule has 8 heteroatoms. The summed E-state index contributed by atoms with van der Waals surface area (Å²) in [7, 11) is 3.27. The highest BCUT2D eigenvalue weighted by atomic mass is 16.5. The lowest BCUT2D eigenvalue weighted by atomic mass is 10.1. The minimum atomic E-state index is 0.0109. The van der Waals surface area contributed by atoms with Crippen LogP contribution in [-0.2, 0) is 17.9 Å². The number of carbonyl (C=O) groups is 1. The lowest BCUT2D eigenvalue weighted by Crippen LogP contribution is -2.47. The summed E-state index contributed by atoms with van der Waals surface area (Å²) in [5, 5.41) is 3.95. The van der Waals surface area contributed by atoms with Gasteiger partial charge in [-0.2, -0.15) is 0 Å². The van der Waals surface area contributed by atoms with Gasteiger partial charge in [0.25, 0.3) is 0 Å². The summed E-state index contributed by atoms with van der Waals surface area (Å²) in [4.78, 5) is 17.0. The van der Waals surface area contributed by atoms with Crippen molar-refractivity contribution in [3.05, 3.63) is 76.7 Å². The number of aryl methyl sites for hydroxylation is 2. The van der Waals surface area contributed by atoms with Crippen LogP contribution in [0.2, 0.25) is 0 Å². The molecule has 1 aromatic heterocycles. The van der Waals surface area contributed by atoms with Crippen molar-refractivity contribution in [2.24, 2.45) is 0 Å². The van der Waals surface area contributed by atoms with Crippen molar-refractivity contribution in [3.8, 4) is 17.2 Å². The van der Waals surface area contributed by atoms with E-state index in [0.29, 0.717) is 31.2 Å². The average Bonchev–Trinajstić information content (AvgIpc) is 3.23. The van der Waals surface area contributed by atoms with Crippen LogP contribution in [0.3, 0.4) is 0 Å². The standard InChI is InChI=1S/C28H33N3O5/c1-20-25(21(2)36-29-20)19-35-26-11-7-22(17-27(26)34-4)8-12-28(32)31-15-13-30(14-16-31)18-23-5-9-24(33-3)10-6-23/h5-12,17H,13-16,18-19H2,1-4H3/b12-8+. The number of methoxy groups -OCH3 is 2. The molecule has 2 aromatic carbocycles. The Bertz CT molecular complexity index is 1170. The molecule has 3 aromatic rings. The maximum absolute atomic E-state index is 12.8. The predicted octanol–water partition coefficient (Wildman–Crippen LogP) is 4.25. The summed E-state index contributed by atoms with van der Waals surface area (Å²) < 4.78 is 21.9. The Hall–Kier alpha value is -3.78. The summed E-state index contributed by atoms with van der Waals surface area (Å²) >= 11 is 0. The first-order chi connectivity index (χ1) is 17.5. The van der Waals surface area contributed by atoms with Crippen LogP contribution in [0.1, 0.15) is 28.1 Å². The molecule has 1 amide bonds. The number of rotatable bonds is 9. The molecule has 0 radical (unpaired) electrons. The van der Waals surface area contributed by atoms with Crippen LogP contribution in [0.15, 0.2) is 53.1 Å². The van der Waals surface area contributed by atoms with Gasteiger partial charge in [0.2, 0.25) is 5.91 Å². The Labute approximate surface area is 212 Å². The molecular weight excluding hydrogens is 458 g/mol. The monoisotopic (exact) mass is 491 g/mol. The highest BCUT2D eigenvalue weighted by Gasteiger charge is 2.20. The highest BCUT2D eigenvalue weighted by Crippen LogP contribution is 2.30. The smallest absolute Gasteiger partial charge is 0.246 e. The highest BCUT2D eigenvalue weighted by molar-refractivity contribution is 5.92. The molecule has 0 spiro atoms. The van der Waals surface area contributed by atoms with Crippen molar-refractivity contribution in [3.63, 3.8) is 0 Å². The molecule has 1 aliphatic heterocycles. The fraction of sp³-hybridized carbons (Fsp3) is 0.357. The van der Waals surface area contributed by atoms with E-state index >= 15 is 0 Å². The molecule has 0 unspecified atom stereocenters. The lowest BCUT2D eigenvalue weighted by Gasteiger charge is -2.34. The van der Waals surface area contributed by atoms with E-state index in [1.807, 2.05) is 55.2 Å². The van der Waals surface area contributed by atoms with E-state index in [0.717, 1.165) is 48.0 Å². The number of aromatic nitrogens is 1. The van der Waals surface area contributed by atoms with Gasteiger partial charge in [-0.15, -0.1) is 0 Å². The Kier molecular flexibility index (Phi) is 8.28. The minimum absolute atomic E-state index is 0.0109. The molecule has 8 nitrogen and oxygen atoms in total. The summed E-state index contributed by atoms with van der Waals surface area (Å²) in [6.07, 6.45) is 3.44. The third kappa shape index (κ3) is 6.26. The van der Waals surface area contributed by atoms with Crippen molar-refractivity contribution in [1.82, 2.24) is 15.0 Å². The van der Waals surface area contributed by atoms with Gasteiger partial charge in [-0.25, -0.2) is 0 Å². The maximum Gasteiger partial charge on any atom is 0.246 e. The number of carbonyl (C=O) groups excluding carboxylic acids is 1. The number of piperazine rings is 1. The van der Waals surface area contributed by atoms with E-state index in [4.69, 9.17) is 18.7 Å². The molecule has 1 saturated heterocycles. The van der Waals surface area contributed by atoms with Crippen LogP contribution in [0, 0.1) is 13.8 Å². The summed E-state index contributed by atoms with van der Waals surface area (Å²) in [6, 6.07) is 13.7. The first-order valence-corrected chi connectivity index (χ1v) is 12.0. The zero-order valence-electron chi connectivity index (χ0n) is 21.3. The van der Waals surface area contributed by atoms with Crippen molar-refractivity contribution in [2.45, 2.75) is 27.0 Å². The third-order valence-corrected chi connectivity index (χ3v) is 6.41. The summed E-state index contributed by atoms with van der Waals surface area (Å²) in [5.74, 6) is 2.83. The van der Waals surface area contributed by atoms with E-state index in [2.05, 4.69) is 22.2 Å². The number of hydrogen-bond donors (Lipinski definition) is 0. The van der Waals surface area contributed by atoms with Crippen molar-refractivity contribution >= 4 is 12.0 Å². The lowest BCUT2D eigenvalue weighted by molar-refractivity contribution is -0.127. The molecule has 0 bridgehead atoms. The Morgan fingerprint density at radius 1 is 1.00 bits per heavy atom. The zero-order chi connectivity index (χ0) is 25.5. The first-order valence-electron chi connectivity index (χ1n) is 12.0. The fourth-order valence-electron chi connectivity index (χ4n) is 4.15. The number of amides is 1. The van der Waals surface area contributed by atoms with Crippen LogP contribution in [0.5, 0.6) is 17.2 Å². The van der Waals surface area contributed by atoms with Gasteiger partial charge in [-0.1, -0.05) is 23.4 Å². The van der Waals surface area contributed by atoms with Crippen molar-refractivity contribution < 1.29 is 23.5 Å². The van der Waals surface area contributed by atoms with Gasteiger partial charge in [-0.05, 0) is 55.3 Å². The van der Waals surface area contributed by atoms with Gasteiger partial charge < -0.3 is 23.6 Å². The SMILES string of the molecule is COc1ccc(CN2CCN(C(=O)/C=C/c3ccc(OCc4c(C)noc4C)c(OC)c3)CC2)cc1. The van der Waals surface area contributed by atoms with Gasteiger partial charge in [0.15, 0.2) is 11.5 Å². The van der Waals surface area contributed by atoms with Crippen LogP contribution in [0.25, 0.3) is 6.08 Å². The van der Waals surface area contributed by atoms with Crippen LogP contribution in [0.4, 0.5) is 0 Å². The molecule has 0 atom stereocenters. The molecular formula is C28H33N3O5. The van der Waals surface area contributed by atoms with E-state index in [-0.39, 0.29) is 5.91 Å². The topological polar surface area (TPSA) is 77.3 Å². The summed E-state index contributed by atoms with van der Waals surface area (Å²) in [5.41, 5.74) is 3.84. The molecule has 36 heavy (non-hydrogen) atoms. The van der Waals surface area contributed by atoms with E-state index in [9.17, 15) is 4.79 Å². The Morgan fingerprint density at radius 3 is 2.39 bits per heavy atom. The third-order valence-electron chi connectivity index (χ3n) is 6.41. The van der Waals surface area contributed by atoms with Crippen molar-refractivity contribution in [2.75, 3.05) is 40.4 Å². The molecule has 2 heterocycles. The second kappa shape index (κ2) is 11.8. The van der Waals surface area contributed by atoms with E-state index in [1.54, 1.807) is 20.3 Å². The van der Waals surface area contributed by atoms with Crippen LogP contribution >= 0.6 is 0 Å². The zero-order valence-corrected chi connectivity index (χ0v) is 21.3. The number of hydrogen-bond acceptors (Lipinski definition) is 7. The number of benzene rings is 2. The molecule has 1 fully saturated rings. The molecule has 0 saturated carbocycles. The molecule has 1 aliphatic rings. The first kappa shape index (κ1) is 25.3. The van der Waals surface area contributed by atoms with E-state index < -0.39 is 0 Å². The Balaban J connectivity index is 1.29. The molecule has 0 N–H and O–H groups in total. The largest absolute Gasteiger partial charge is 0.497 e. The van der Waals surface area contributed by atoms with Gasteiger partial charge in [-0.3, -0.25) is 9.69 Å².